The number of nitrogens with zero attached hydrogens (tertiary/aromatic N) is 3. The van der Waals surface area contributed by atoms with Gasteiger partial charge in [0, 0.05) is 5.69 Å². The molecule has 1 aliphatic heterocycles. The summed E-state index contributed by atoms with van der Waals surface area (Å²) >= 11 is 1.15. The highest BCUT2D eigenvalue weighted by molar-refractivity contribution is 7.99. The van der Waals surface area contributed by atoms with Crippen LogP contribution in [0.4, 0.5) is 5.69 Å². The predicted octanol–water partition coefficient (Wildman–Crippen LogP) is 1.04. The largest absolute Gasteiger partial charge is 0.415 e. The number of amides is 1. The van der Waals surface area contributed by atoms with Crippen LogP contribution in [0.3, 0.4) is 0 Å². The highest BCUT2D eigenvalue weighted by Crippen LogP contribution is 2.19. The molecule has 0 aliphatic carbocycles. The molecule has 2 heterocycles. The van der Waals surface area contributed by atoms with Crippen LogP contribution in [0.15, 0.2) is 38.8 Å². The Balaban J connectivity index is 1.47. The van der Waals surface area contributed by atoms with Crippen LogP contribution in [0.1, 0.15) is 18.7 Å². The molecule has 3 rings (SSSR count). The van der Waals surface area contributed by atoms with Crippen molar-refractivity contribution in [3.05, 3.63) is 30.2 Å². The fourth-order valence-electron chi connectivity index (χ4n) is 2.54. The van der Waals surface area contributed by atoms with Crippen molar-refractivity contribution in [2.24, 2.45) is 5.14 Å². The van der Waals surface area contributed by atoms with Gasteiger partial charge >= 0.3 is 0 Å². The summed E-state index contributed by atoms with van der Waals surface area (Å²) in [6.07, 6.45) is 2.38. The van der Waals surface area contributed by atoms with Crippen LogP contribution < -0.4 is 10.5 Å². The van der Waals surface area contributed by atoms with Crippen molar-refractivity contribution >= 4 is 33.4 Å². The molecule has 2 aromatic rings. The fraction of sp³-hybridized carbons (Fsp3) is 0.400. The van der Waals surface area contributed by atoms with E-state index in [1.165, 1.54) is 37.1 Å². The Labute approximate surface area is 155 Å². The SMILES string of the molecule is NS(=O)(=O)c1ccc(NC(=O)CSc2nnc(CN3CCCC3)o2)cc1. The lowest BCUT2D eigenvalue weighted by atomic mass is 10.3. The average Bonchev–Trinajstić information content (AvgIpc) is 3.25. The van der Waals surface area contributed by atoms with Gasteiger partial charge in [0.15, 0.2) is 0 Å². The second-order valence-corrected chi connectivity index (χ2v) is 8.34. The maximum absolute atomic E-state index is 12.0. The molecular weight excluding hydrogens is 378 g/mol. The number of aromatic nitrogens is 2. The predicted molar refractivity (Wildman–Crippen MR) is 96.0 cm³/mol. The van der Waals surface area contributed by atoms with E-state index in [0.717, 1.165) is 24.9 Å². The standard InChI is InChI=1S/C15H19N5O4S2/c16-26(22,23)12-5-3-11(4-6-12)17-13(21)10-25-15-19-18-14(24-15)9-20-7-1-2-8-20/h3-6H,1-2,7-10H2,(H,17,21)(H2,16,22,23). The molecule has 140 valence electrons. The number of primary sulfonamides is 1. The quantitative estimate of drug-likeness (QED) is 0.663. The van der Waals surface area contributed by atoms with E-state index in [4.69, 9.17) is 9.56 Å². The zero-order chi connectivity index (χ0) is 18.6. The van der Waals surface area contributed by atoms with Gasteiger partial charge in [-0.05, 0) is 50.2 Å². The zero-order valence-electron chi connectivity index (χ0n) is 13.9. The van der Waals surface area contributed by atoms with Crippen LogP contribution >= 0.6 is 11.8 Å². The minimum Gasteiger partial charge on any atom is -0.415 e. The molecule has 1 aromatic heterocycles. The van der Waals surface area contributed by atoms with E-state index in [2.05, 4.69) is 20.4 Å². The third-order valence-electron chi connectivity index (χ3n) is 3.80. The van der Waals surface area contributed by atoms with Crippen molar-refractivity contribution in [1.82, 2.24) is 15.1 Å². The first kappa shape index (κ1) is 18.8. The van der Waals surface area contributed by atoms with Gasteiger partial charge in [-0.15, -0.1) is 10.2 Å². The second-order valence-electron chi connectivity index (χ2n) is 5.85. The van der Waals surface area contributed by atoms with E-state index >= 15 is 0 Å². The molecule has 0 bridgehead atoms. The van der Waals surface area contributed by atoms with Crippen LogP contribution in [0.25, 0.3) is 0 Å². The van der Waals surface area contributed by atoms with Crippen molar-refractivity contribution in [2.75, 3.05) is 24.2 Å². The number of benzene rings is 1. The highest BCUT2D eigenvalue weighted by Gasteiger charge is 2.16. The van der Waals surface area contributed by atoms with Crippen molar-refractivity contribution in [2.45, 2.75) is 29.5 Å². The molecule has 9 nitrogen and oxygen atoms in total. The van der Waals surface area contributed by atoms with Gasteiger partial charge in [0.1, 0.15) is 0 Å². The maximum atomic E-state index is 12.0. The molecule has 0 radical (unpaired) electrons. The summed E-state index contributed by atoms with van der Waals surface area (Å²) in [4.78, 5) is 14.2. The molecule has 26 heavy (non-hydrogen) atoms. The third kappa shape index (κ3) is 5.27. The van der Waals surface area contributed by atoms with Crippen LogP contribution in [0.5, 0.6) is 0 Å². The first-order valence-corrected chi connectivity index (χ1v) is 10.5. The summed E-state index contributed by atoms with van der Waals surface area (Å²) in [6.45, 7) is 2.71. The number of carbonyl (C=O) groups is 1. The molecule has 0 atom stereocenters. The summed E-state index contributed by atoms with van der Waals surface area (Å²) in [5.41, 5.74) is 0.475. The van der Waals surface area contributed by atoms with E-state index in [1.807, 2.05) is 0 Å². The van der Waals surface area contributed by atoms with Crippen molar-refractivity contribution in [3.8, 4) is 0 Å². The number of hydrogen-bond donors (Lipinski definition) is 2. The summed E-state index contributed by atoms with van der Waals surface area (Å²) < 4.78 is 27.9. The minimum atomic E-state index is -3.75. The first-order chi connectivity index (χ1) is 12.4. The lowest BCUT2D eigenvalue weighted by molar-refractivity contribution is -0.113. The number of anilines is 1. The maximum Gasteiger partial charge on any atom is 0.277 e. The van der Waals surface area contributed by atoms with E-state index < -0.39 is 10.0 Å². The number of nitrogens with two attached hydrogens (primary N) is 1. The Hall–Kier alpha value is -1.95. The normalized spacial score (nSPS) is 15.3. The van der Waals surface area contributed by atoms with Crippen molar-refractivity contribution in [3.63, 3.8) is 0 Å². The Bertz CT molecular complexity index is 860. The molecular formula is C15H19N5O4S2. The molecule has 1 saturated heterocycles. The summed E-state index contributed by atoms with van der Waals surface area (Å²) in [5.74, 6) is 0.383. The molecule has 1 aliphatic rings. The monoisotopic (exact) mass is 397 g/mol. The van der Waals surface area contributed by atoms with Gasteiger partial charge in [0.05, 0.1) is 17.2 Å². The molecule has 0 spiro atoms. The zero-order valence-corrected chi connectivity index (χ0v) is 15.6. The van der Waals surface area contributed by atoms with Gasteiger partial charge < -0.3 is 9.73 Å². The molecule has 0 saturated carbocycles. The fourth-order valence-corrected chi connectivity index (χ4v) is 3.64. The number of sulfonamides is 1. The number of nitrogens with one attached hydrogen (secondary N) is 1. The topological polar surface area (TPSA) is 131 Å². The Morgan fingerprint density at radius 3 is 2.58 bits per heavy atom. The van der Waals surface area contributed by atoms with Crippen LogP contribution in [0, 0.1) is 0 Å². The summed E-state index contributed by atoms with van der Waals surface area (Å²) in [6, 6.07) is 5.62. The first-order valence-electron chi connectivity index (χ1n) is 8.00. The second kappa shape index (κ2) is 8.16. The number of thioether (sulfide) groups is 1. The number of rotatable bonds is 7. The molecule has 11 heteroatoms. The van der Waals surface area contributed by atoms with E-state index in [9.17, 15) is 13.2 Å². The van der Waals surface area contributed by atoms with Gasteiger partial charge in [-0.1, -0.05) is 11.8 Å². The van der Waals surface area contributed by atoms with Gasteiger partial charge in [0.2, 0.25) is 21.8 Å². The summed E-state index contributed by atoms with van der Waals surface area (Å²) in [7, 11) is -3.75. The number of hydrogen-bond acceptors (Lipinski definition) is 8. The van der Waals surface area contributed by atoms with E-state index in [1.54, 1.807) is 0 Å². The third-order valence-corrected chi connectivity index (χ3v) is 5.55. The summed E-state index contributed by atoms with van der Waals surface area (Å²) in [5, 5.41) is 16.0. The molecule has 1 amide bonds. The smallest absolute Gasteiger partial charge is 0.277 e. The number of likely N-dealkylation sites (tertiary alicyclic amines) is 1. The lowest BCUT2D eigenvalue weighted by Gasteiger charge is -2.10. The Morgan fingerprint density at radius 2 is 1.92 bits per heavy atom. The van der Waals surface area contributed by atoms with Crippen LogP contribution in [-0.2, 0) is 21.4 Å². The molecule has 3 N–H and O–H groups in total. The molecule has 1 fully saturated rings. The number of carbonyl (C=O) groups excluding carboxylic acids is 1. The van der Waals surface area contributed by atoms with Gasteiger partial charge in [-0.3, -0.25) is 9.69 Å². The highest BCUT2D eigenvalue weighted by atomic mass is 32.2. The lowest BCUT2D eigenvalue weighted by Crippen LogP contribution is -2.18. The van der Waals surface area contributed by atoms with Gasteiger partial charge in [-0.2, -0.15) is 0 Å². The Kier molecular flexibility index (Phi) is 5.91. The van der Waals surface area contributed by atoms with E-state index in [0.29, 0.717) is 23.3 Å². The average molecular weight is 397 g/mol. The minimum absolute atomic E-state index is 0.0127. The molecule has 1 aromatic carbocycles. The van der Waals surface area contributed by atoms with Gasteiger partial charge in [-0.25, -0.2) is 13.6 Å². The van der Waals surface area contributed by atoms with Gasteiger partial charge in [0.25, 0.3) is 5.22 Å². The van der Waals surface area contributed by atoms with Crippen LogP contribution in [-0.4, -0.2) is 48.3 Å². The van der Waals surface area contributed by atoms with Crippen LogP contribution in [0.2, 0.25) is 0 Å². The molecule has 0 unspecified atom stereocenters. The van der Waals surface area contributed by atoms with E-state index in [-0.39, 0.29) is 16.6 Å². The Morgan fingerprint density at radius 1 is 1.23 bits per heavy atom. The van der Waals surface area contributed by atoms with Crippen molar-refractivity contribution < 1.29 is 17.6 Å². The van der Waals surface area contributed by atoms with Crippen molar-refractivity contribution in [1.29, 1.82) is 0 Å².